The molecular formula is C28H26F3N3O2. The van der Waals surface area contributed by atoms with Crippen molar-refractivity contribution in [1.82, 2.24) is 15.2 Å². The third-order valence-electron chi connectivity index (χ3n) is 5.89. The van der Waals surface area contributed by atoms with Crippen LogP contribution in [0.3, 0.4) is 0 Å². The van der Waals surface area contributed by atoms with Crippen molar-refractivity contribution in [3.05, 3.63) is 125 Å². The molecule has 0 spiro atoms. The summed E-state index contributed by atoms with van der Waals surface area (Å²) in [5, 5.41) is 2.81. The van der Waals surface area contributed by atoms with Gasteiger partial charge in [0.25, 0.3) is 5.91 Å². The molecule has 0 unspecified atom stereocenters. The molecule has 186 valence electrons. The number of oxazole rings is 1. The van der Waals surface area contributed by atoms with Gasteiger partial charge in [-0.25, -0.2) is 4.98 Å². The summed E-state index contributed by atoms with van der Waals surface area (Å²) in [6.07, 6.45) is -3.12. The molecule has 0 fully saturated rings. The van der Waals surface area contributed by atoms with E-state index in [1.54, 1.807) is 6.07 Å². The summed E-state index contributed by atoms with van der Waals surface area (Å²) in [4.78, 5) is 18.8. The van der Waals surface area contributed by atoms with Gasteiger partial charge < -0.3 is 9.73 Å². The third kappa shape index (κ3) is 6.60. The number of nitrogens with one attached hydrogen (secondary N) is 1. The van der Waals surface area contributed by atoms with Crippen molar-refractivity contribution in [3.8, 4) is 0 Å². The van der Waals surface area contributed by atoms with Gasteiger partial charge in [0.05, 0.1) is 12.1 Å². The predicted octanol–water partition coefficient (Wildman–Crippen LogP) is 6.39. The topological polar surface area (TPSA) is 58.4 Å². The summed E-state index contributed by atoms with van der Waals surface area (Å²) in [6.45, 7) is 2.77. The Morgan fingerprint density at radius 3 is 2.31 bits per heavy atom. The molecule has 0 radical (unpaired) electrons. The highest BCUT2D eigenvalue weighted by Gasteiger charge is 2.30. The van der Waals surface area contributed by atoms with Crippen molar-refractivity contribution in [2.75, 3.05) is 0 Å². The Kier molecular flexibility index (Phi) is 7.85. The van der Waals surface area contributed by atoms with Gasteiger partial charge in [0, 0.05) is 19.1 Å². The van der Waals surface area contributed by atoms with Crippen LogP contribution in [0, 0.1) is 0 Å². The Balaban J connectivity index is 1.51. The molecule has 0 saturated heterocycles. The van der Waals surface area contributed by atoms with E-state index in [-0.39, 0.29) is 30.7 Å². The lowest BCUT2D eigenvalue weighted by molar-refractivity contribution is -0.137. The van der Waals surface area contributed by atoms with Crippen LogP contribution >= 0.6 is 0 Å². The average Bonchev–Trinajstić information content (AvgIpc) is 3.36. The minimum absolute atomic E-state index is 0.146. The van der Waals surface area contributed by atoms with Crippen molar-refractivity contribution in [2.45, 2.75) is 38.8 Å². The minimum atomic E-state index is -4.42. The van der Waals surface area contributed by atoms with Gasteiger partial charge in [-0.2, -0.15) is 13.2 Å². The highest BCUT2D eigenvalue weighted by Crippen LogP contribution is 2.31. The molecule has 3 aromatic carbocycles. The molecule has 4 rings (SSSR count). The molecule has 0 aliphatic rings. The molecule has 5 nitrogen and oxygen atoms in total. The Labute approximate surface area is 207 Å². The largest absolute Gasteiger partial charge is 0.447 e. The van der Waals surface area contributed by atoms with Crippen molar-refractivity contribution < 1.29 is 22.4 Å². The van der Waals surface area contributed by atoms with Gasteiger partial charge in [0.1, 0.15) is 6.26 Å². The first-order valence-corrected chi connectivity index (χ1v) is 11.5. The smallest absolute Gasteiger partial charge is 0.416 e. The fourth-order valence-corrected chi connectivity index (χ4v) is 3.88. The first-order chi connectivity index (χ1) is 17.3. The number of amides is 1. The van der Waals surface area contributed by atoms with Crippen LogP contribution in [-0.4, -0.2) is 15.8 Å². The number of hydrogen-bond donors (Lipinski definition) is 1. The molecule has 0 bridgehead atoms. The van der Waals surface area contributed by atoms with E-state index in [2.05, 4.69) is 10.3 Å². The molecule has 0 aliphatic carbocycles. The van der Waals surface area contributed by atoms with Crippen LogP contribution in [0.5, 0.6) is 0 Å². The van der Waals surface area contributed by atoms with E-state index in [1.807, 2.05) is 72.5 Å². The molecule has 1 N–H and O–H groups in total. The number of alkyl halides is 3. The zero-order valence-electron chi connectivity index (χ0n) is 19.7. The molecule has 4 aromatic rings. The Hall–Kier alpha value is -3.91. The van der Waals surface area contributed by atoms with Gasteiger partial charge in [-0.05, 0) is 29.7 Å². The van der Waals surface area contributed by atoms with Crippen LogP contribution in [0.15, 0.2) is 95.6 Å². The zero-order chi connectivity index (χ0) is 25.5. The van der Waals surface area contributed by atoms with Gasteiger partial charge in [-0.15, -0.1) is 0 Å². The molecule has 1 amide bonds. The molecule has 1 aromatic heterocycles. The van der Waals surface area contributed by atoms with Crippen molar-refractivity contribution in [1.29, 1.82) is 0 Å². The molecule has 36 heavy (non-hydrogen) atoms. The maximum absolute atomic E-state index is 13.2. The standard InChI is InChI=1S/C28H26F3N3O2/c1-20(23-12-6-3-7-13-23)34(17-22-11-8-14-24(15-22)28(29,30)31)18-26-33-25(19-36-26)27(35)32-16-21-9-4-2-5-10-21/h2-15,19-20H,16-18H2,1H3,(H,32,35)/t20-/m1/s1. The first-order valence-electron chi connectivity index (χ1n) is 11.5. The average molecular weight is 494 g/mol. The number of halogens is 3. The van der Waals surface area contributed by atoms with E-state index in [0.29, 0.717) is 18.0 Å². The van der Waals surface area contributed by atoms with Crippen molar-refractivity contribution >= 4 is 5.91 Å². The van der Waals surface area contributed by atoms with Crippen LogP contribution in [0.4, 0.5) is 13.2 Å². The van der Waals surface area contributed by atoms with Crippen LogP contribution in [0.25, 0.3) is 0 Å². The number of rotatable bonds is 9. The van der Waals surface area contributed by atoms with Crippen LogP contribution in [0.2, 0.25) is 0 Å². The second-order valence-electron chi connectivity index (χ2n) is 8.48. The van der Waals surface area contributed by atoms with Gasteiger partial charge in [0.15, 0.2) is 5.69 Å². The fraction of sp³-hybridized carbons (Fsp3) is 0.214. The van der Waals surface area contributed by atoms with E-state index in [0.717, 1.165) is 23.3 Å². The number of carbonyl (C=O) groups is 1. The van der Waals surface area contributed by atoms with Crippen LogP contribution in [0.1, 0.15) is 51.6 Å². The van der Waals surface area contributed by atoms with Gasteiger partial charge in [-0.3, -0.25) is 9.69 Å². The highest BCUT2D eigenvalue weighted by atomic mass is 19.4. The van der Waals surface area contributed by atoms with Gasteiger partial charge >= 0.3 is 6.18 Å². The van der Waals surface area contributed by atoms with Crippen LogP contribution < -0.4 is 5.32 Å². The summed E-state index contributed by atoms with van der Waals surface area (Å²) < 4.78 is 45.3. The third-order valence-corrected chi connectivity index (χ3v) is 5.89. The second kappa shape index (κ2) is 11.2. The minimum Gasteiger partial charge on any atom is -0.447 e. The molecule has 1 atom stereocenters. The normalized spacial score (nSPS) is 12.5. The number of hydrogen-bond acceptors (Lipinski definition) is 4. The first kappa shape index (κ1) is 25.2. The lowest BCUT2D eigenvalue weighted by Gasteiger charge is -2.28. The zero-order valence-corrected chi connectivity index (χ0v) is 19.7. The monoisotopic (exact) mass is 493 g/mol. The maximum atomic E-state index is 13.2. The second-order valence-corrected chi connectivity index (χ2v) is 8.48. The van der Waals surface area contributed by atoms with Gasteiger partial charge in [0.2, 0.25) is 5.89 Å². The number of benzene rings is 3. The number of aromatic nitrogens is 1. The molecule has 0 aliphatic heterocycles. The van der Waals surface area contributed by atoms with E-state index >= 15 is 0 Å². The lowest BCUT2D eigenvalue weighted by Crippen LogP contribution is -2.27. The quantitative estimate of drug-likeness (QED) is 0.294. The van der Waals surface area contributed by atoms with Crippen LogP contribution in [-0.2, 0) is 25.8 Å². The Morgan fingerprint density at radius 1 is 0.944 bits per heavy atom. The molecule has 1 heterocycles. The number of carbonyl (C=O) groups excluding carboxylic acids is 1. The summed E-state index contributed by atoms with van der Waals surface area (Å²) in [5.74, 6) is -0.0657. The van der Waals surface area contributed by atoms with E-state index < -0.39 is 11.7 Å². The summed E-state index contributed by atoms with van der Waals surface area (Å²) in [5.41, 5.74) is 1.92. The molecular weight excluding hydrogens is 467 g/mol. The molecule has 0 saturated carbocycles. The molecule has 8 heteroatoms. The lowest BCUT2D eigenvalue weighted by atomic mass is 10.0. The van der Waals surface area contributed by atoms with E-state index in [1.165, 1.54) is 12.3 Å². The Bertz CT molecular complexity index is 1270. The van der Waals surface area contributed by atoms with E-state index in [9.17, 15) is 18.0 Å². The number of nitrogens with zero attached hydrogens (tertiary/aromatic N) is 2. The summed E-state index contributed by atoms with van der Waals surface area (Å²) in [7, 11) is 0. The van der Waals surface area contributed by atoms with Crippen molar-refractivity contribution in [3.63, 3.8) is 0 Å². The van der Waals surface area contributed by atoms with Gasteiger partial charge in [-0.1, -0.05) is 78.9 Å². The SMILES string of the molecule is C[C@H](c1ccccc1)N(Cc1cccc(C(F)(F)F)c1)Cc1nc(C(=O)NCc2ccccc2)co1. The van der Waals surface area contributed by atoms with E-state index in [4.69, 9.17) is 4.42 Å². The summed E-state index contributed by atoms with van der Waals surface area (Å²) >= 11 is 0. The maximum Gasteiger partial charge on any atom is 0.416 e. The summed E-state index contributed by atoms with van der Waals surface area (Å²) in [6, 6.07) is 24.3. The fourth-order valence-electron chi connectivity index (χ4n) is 3.88. The Morgan fingerprint density at radius 2 is 1.61 bits per heavy atom. The van der Waals surface area contributed by atoms with Crippen molar-refractivity contribution in [2.24, 2.45) is 0 Å². The predicted molar refractivity (Wildman–Crippen MR) is 130 cm³/mol. The highest BCUT2D eigenvalue weighted by molar-refractivity contribution is 5.91.